The summed E-state index contributed by atoms with van der Waals surface area (Å²) in [6.07, 6.45) is 2.23. The number of carboxylic acids is 1. The number of rotatable bonds is 10. The van der Waals surface area contributed by atoms with E-state index < -0.39 is 5.97 Å². The molecule has 0 amide bonds. The summed E-state index contributed by atoms with van der Waals surface area (Å²) in [7, 11) is 0. The lowest BCUT2D eigenvalue weighted by atomic mass is 9.98. The number of ether oxygens (including phenoxy) is 2. The number of carbonyl (C=O) groups is 1. The molecule has 0 spiro atoms. The molecule has 0 saturated carbocycles. The minimum Gasteiger partial charge on any atom is -0.494 e. The van der Waals surface area contributed by atoms with Crippen LogP contribution in [0, 0.1) is 0 Å². The van der Waals surface area contributed by atoms with Crippen LogP contribution in [0.25, 0.3) is 5.57 Å². The molecule has 0 radical (unpaired) electrons. The number of carboxylic acid groups (broad SMARTS) is 1. The molecule has 3 aromatic rings. The molecule has 5 heteroatoms. The minimum atomic E-state index is -0.985. The Hall–Kier alpha value is -3.18. The van der Waals surface area contributed by atoms with Gasteiger partial charge in [0.1, 0.15) is 11.5 Å². The van der Waals surface area contributed by atoms with Crippen molar-refractivity contribution >= 4 is 23.3 Å². The minimum absolute atomic E-state index is 0.336. The third-order valence-corrected chi connectivity index (χ3v) is 5.22. The van der Waals surface area contributed by atoms with E-state index in [1.165, 1.54) is 11.1 Å². The van der Waals surface area contributed by atoms with Crippen molar-refractivity contribution in [3.63, 3.8) is 0 Å². The Morgan fingerprint density at radius 2 is 1.47 bits per heavy atom. The maximum atomic E-state index is 10.6. The summed E-state index contributed by atoms with van der Waals surface area (Å²) < 4.78 is 10.7. The molecule has 0 aliphatic carbocycles. The predicted octanol–water partition coefficient (Wildman–Crippen LogP) is 5.77. The first-order valence-corrected chi connectivity index (χ1v) is 10.7. The van der Waals surface area contributed by atoms with Crippen molar-refractivity contribution in [2.75, 3.05) is 19.0 Å². The second-order valence-electron chi connectivity index (χ2n) is 6.41. The molecule has 0 bridgehead atoms. The van der Waals surface area contributed by atoms with Crippen molar-refractivity contribution in [1.29, 1.82) is 0 Å². The van der Waals surface area contributed by atoms with Crippen LogP contribution in [-0.2, 0) is 4.79 Å². The summed E-state index contributed by atoms with van der Waals surface area (Å²) in [5.41, 5.74) is 3.48. The molecular formula is C25H24O4S. The van der Waals surface area contributed by atoms with Gasteiger partial charge in [0.25, 0.3) is 0 Å². The van der Waals surface area contributed by atoms with Crippen molar-refractivity contribution in [1.82, 2.24) is 0 Å². The predicted molar refractivity (Wildman–Crippen MR) is 121 cm³/mol. The van der Waals surface area contributed by atoms with E-state index in [0.29, 0.717) is 12.4 Å². The third-order valence-electron chi connectivity index (χ3n) is 4.28. The first-order chi connectivity index (χ1) is 14.7. The van der Waals surface area contributed by atoms with E-state index in [4.69, 9.17) is 14.6 Å². The summed E-state index contributed by atoms with van der Waals surface area (Å²) >= 11 is 1.71. The summed E-state index contributed by atoms with van der Waals surface area (Å²) in [4.78, 5) is 11.7. The van der Waals surface area contributed by atoms with Gasteiger partial charge in [-0.25, -0.2) is 4.79 Å². The lowest BCUT2D eigenvalue weighted by Crippen LogP contribution is -2.09. The average Bonchev–Trinajstić information content (AvgIpc) is 2.78. The van der Waals surface area contributed by atoms with Crippen molar-refractivity contribution in [3.05, 3.63) is 96.1 Å². The number of hydrogen-bond donors (Lipinski definition) is 1. The van der Waals surface area contributed by atoms with Crippen LogP contribution in [0.2, 0.25) is 0 Å². The van der Waals surface area contributed by atoms with Gasteiger partial charge in [-0.15, -0.1) is 11.8 Å². The van der Waals surface area contributed by atoms with Crippen LogP contribution < -0.4 is 9.47 Å². The van der Waals surface area contributed by atoms with Crippen molar-refractivity contribution in [3.8, 4) is 11.5 Å². The van der Waals surface area contributed by atoms with E-state index >= 15 is 0 Å². The highest BCUT2D eigenvalue weighted by Crippen LogP contribution is 2.28. The fourth-order valence-corrected chi connectivity index (χ4v) is 3.69. The van der Waals surface area contributed by atoms with Crippen LogP contribution in [0.3, 0.4) is 0 Å². The molecule has 0 aromatic heterocycles. The zero-order valence-electron chi connectivity index (χ0n) is 16.8. The zero-order chi connectivity index (χ0) is 21.2. The van der Waals surface area contributed by atoms with Gasteiger partial charge in [0.05, 0.1) is 6.61 Å². The van der Waals surface area contributed by atoms with Gasteiger partial charge in [0.2, 0.25) is 0 Å². The van der Waals surface area contributed by atoms with Crippen molar-refractivity contribution in [2.45, 2.75) is 11.8 Å². The van der Waals surface area contributed by atoms with Crippen LogP contribution in [0.1, 0.15) is 18.1 Å². The van der Waals surface area contributed by atoms with E-state index in [1.807, 2.05) is 49.4 Å². The molecule has 0 aliphatic rings. The molecule has 1 N–H and O–H groups in total. The molecule has 0 atom stereocenters. The van der Waals surface area contributed by atoms with Gasteiger partial charge in [-0.3, -0.25) is 0 Å². The highest BCUT2D eigenvalue weighted by atomic mass is 32.2. The largest absolute Gasteiger partial charge is 0.494 e. The van der Waals surface area contributed by atoms with Gasteiger partial charge in [0.15, 0.2) is 6.61 Å². The second-order valence-corrected chi connectivity index (χ2v) is 7.50. The number of aliphatic carboxylic acids is 1. The molecule has 4 nitrogen and oxygen atoms in total. The molecule has 30 heavy (non-hydrogen) atoms. The zero-order valence-corrected chi connectivity index (χ0v) is 17.6. The fraction of sp³-hybridized carbons (Fsp3) is 0.160. The number of benzene rings is 3. The Bertz CT molecular complexity index is 964. The van der Waals surface area contributed by atoms with Gasteiger partial charge in [-0.1, -0.05) is 48.5 Å². The SMILES string of the molecule is CCOc1ccc(/C(=C/CSc2ccc(OCC(=O)O)cc2)c2ccccc2)cc1. The molecule has 0 saturated heterocycles. The molecule has 3 aromatic carbocycles. The van der Waals surface area contributed by atoms with Crippen LogP contribution >= 0.6 is 11.8 Å². The maximum Gasteiger partial charge on any atom is 0.341 e. The highest BCUT2D eigenvalue weighted by Gasteiger charge is 2.06. The molecule has 0 unspecified atom stereocenters. The molecule has 3 rings (SSSR count). The molecule has 0 aliphatic heterocycles. The van der Waals surface area contributed by atoms with Gasteiger partial charge in [-0.05, 0) is 60.0 Å². The van der Waals surface area contributed by atoms with Gasteiger partial charge in [-0.2, -0.15) is 0 Å². The van der Waals surface area contributed by atoms with Gasteiger partial charge in [0, 0.05) is 10.6 Å². The Morgan fingerprint density at radius 3 is 2.10 bits per heavy atom. The maximum absolute atomic E-state index is 10.6. The standard InChI is InChI=1S/C25H24O4S/c1-2-28-21-10-8-20(9-11-21)24(19-6-4-3-5-7-19)16-17-30-23-14-12-22(13-15-23)29-18-25(26)27/h3-16H,2,17-18H2,1H3,(H,26,27)/b24-16+. The summed E-state index contributed by atoms with van der Waals surface area (Å²) in [6, 6.07) is 26.0. The quantitative estimate of drug-likeness (QED) is 0.422. The van der Waals surface area contributed by atoms with Crippen LogP contribution in [0.15, 0.2) is 89.8 Å². The Labute approximate surface area is 181 Å². The Morgan fingerprint density at radius 1 is 0.867 bits per heavy atom. The molecule has 0 fully saturated rings. The van der Waals surface area contributed by atoms with Crippen molar-refractivity contribution < 1.29 is 19.4 Å². The van der Waals surface area contributed by atoms with E-state index in [-0.39, 0.29) is 6.61 Å². The number of hydrogen-bond acceptors (Lipinski definition) is 4. The summed E-state index contributed by atoms with van der Waals surface area (Å²) in [5, 5.41) is 8.68. The molecule has 154 valence electrons. The van der Waals surface area contributed by atoms with Crippen LogP contribution in [-0.4, -0.2) is 30.0 Å². The summed E-state index contributed by atoms with van der Waals surface area (Å²) in [6.45, 7) is 2.29. The highest BCUT2D eigenvalue weighted by molar-refractivity contribution is 7.99. The molecular weight excluding hydrogens is 396 g/mol. The lowest BCUT2D eigenvalue weighted by molar-refractivity contribution is -0.139. The van der Waals surface area contributed by atoms with Crippen LogP contribution in [0.5, 0.6) is 11.5 Å². The van der Waals surface area contributed by atoms with E-state index in [0.717, 1.165) is 22.0 Å². The fourth-order valence-electron chi connectivity index (χ4n) is 2.92. The average molecular weight is 421 g/mol. The van der Waals surface area contributed by atoms with Crippen molar-refractivity contribution in [2.24, 2.45) is 0 Å². The van der Waals surface area contributed by atoms with Crippen LogP contribution in [0.4, 0.5) is 0 Å². The monoisotopic (exact) mass is 420 g/mol. The Kier molecular flexibility index (Phi) is 7.98. The third kappa shape index (κ3) is 6.42. The first kappa shape index (κ1) is 21.5. The normalized spacial score (nSPS) is 11.2. The van der Waals surface area contributed by atoms with E-state index in [9.17, 15) is 4.79 Å². The lowest BCUT2D eigenvalue weighted by Gasteiger charge is -2.10. The summed E-state index contributed by atoms with van der Waals surface area (Å²) in [5.74, 6) is 1.23. The van der Waals surface area contributed by atoms with Gasteiger partial charge < -0.3 is 14.6 Å². The topological polar surface area (TPSA) is 55.8 Å². The second kappa shape index (κ2) is 11.1. The number of thioether (sulfide) groups is 1. The van der Waals surface area contributed by atoms with E-state index in [2.05, 4.69) is 30.3 Å². The Balaban J connectivity index is 1.72. The molecule has 0 heterocycles. The smallest absolute Gasteiger partial charge is 0.341 e. The first-order valence-electron chi connectivity index (χ1n) is 9.72. The van der Waals surface area contributed by atoms with Gasteiger partial charge >= 0.3 is 5.97 Å². The van der Waals surface area contributed by atoms with E-state index in [1.54, 1.807) is 23.9 Å².